The summed E-state index contributed by atoms with van der Waals surface area (Å²) in [5.41, 5.74) is 9.04. The first-order chi connectivity index (χ1) is 10.5. The molecular weight excluding hydrogens is 298 g/mol. The molecule has 2 aromatic carbocycles. The van der Waals surface area contributed by atoms with Crippen molar-refractivity contribution in [3.63, 3.8) is 0 Å². The van der Waals surface area contributed by atoms with Gasteiger partial charge in [-0.2, -0.15) is 0 Å². The fourth-order valence-electron chi connectivity index (χ4n) is 2.56. The van der Waals surface area contributed by atoms with Crippen LogP contribution in [0.3, 0.4) is 0 Å². The van der Waals surface area contributed by atoms with Crippen LogP contribution in [0.25, 0.3) is 5.57 Å². The van der Waals surface area contributed by atoms with Crippen molar-refractivity contribution in [1.29, 1.82) is 0 Å². The molecular formula is C17H17NO3S. The van der Waals surface area contributed by atoms with E-state index in [2.05, 4.69) is 0 Å². The summed E-state index contributed by atoms with van der Waals surface area (Å²) in [4.78, 5) is 0.318. The topological polar surface area (TPSA) is 69.4 Å². The summed E-state index contributed by atoms with van der Waals surface area (Å²) in [6.45, 7) is 2.49. The first kappa shape index (κ1) is 14.8. The van der Waals surface area contributed by atoms with Crippen LogP contribution in [0.5, 0.6) is 5.75 Å². The van der Waals surface area contributed by atoms with Crippen LogP contribution in [0, 0.1) is 6.92 Å². The quantitative estimate of drug-likeness (QED) is 0.941. The Morgan fingerprint density at radius 1 is 1.09 bits per heavy atom. The average molecular weight is 315 g/mol. The molecule has 0 saturated heterocycles. The summed E-state index contributed by atoms with van der Waals surface area (Å²) in [7, 11) is -3.40. The number of hydrogen-bond acceptors (Lipinski definition) is 4. The van der Waals surface area contributed by atoms with Crippen LogP contribution in [0.15, 0.2) is 52.8 Å². The highest BCUT2D eigenvalue weighted by Crippen LogP contribution is 2.36. The summed E-state index contributed by atoms with van der Waals surface area (Å²) in [5.74, 6) is 0.711. The fourth-order valence-corrected chi connectivity index (χ4v) is 4.06. The summed E-state index contributed by atoms with van der Waals surface area (Å²) in [6, 6.07) is 12.8. The highest BCUT2D eigenvalue weighted by Gasteiger charge is 2.28. The zero-order valence-electron chi connectivity index (χ0n) is 12.2. The minimum absolute atomic E-state index is 0.201. The Labute approximate surface area is 130 Å². The molecule has 2 N–H and O–H groups in total. The standard InChI is InChI=1S/C17H17NO3S/c1-12-5-7-15(8-6-12)21-10-14-11-22(19,20)16-4-2-3-13(9-18)17(14)16/h2-8,11H,9-10,18H2,1H3. The van der Waals surface area contributed by atoms with Crippen LogP contribution in [0.4, 0.5) is 0 Å². The van der Waals surface area contributed by atoms with Crippen molar-refractivity contribution in [2.24, 2.45) is 5.73 Å². The second-order valence-corrected chi connectivity index (χ2v) is 7.05. The molecule has 5 heteroatoms. The molecule has 0 atom stereocenters. The van der Waals surface area contributed by atoms with Crippen molar-refractivity contribution in [2.45, 2.75) is 18.4 Å². The van der Waals surface area contributed by atoms with Crippen molar-refractivity contribution in [1.82, 2.24) is 0 Å². The van der Waals surface area contributed by atoms with Gasteiger partial charge in [0.15, 0.2) is 0 Å². The maximum atomic E-state index is 12.2. The average Bonchev–Trinajstić information content (AvgIpc) is 2.78. The first-order valence-electron chi connectivity index (χ1n) is 6.99. The zero-order valence-corrected chi connectivity index (χ0v) is 13.1. The fraction of sp³-hybridized carbons (Fsp3) is 0.176. The highest BCUT2D eigenvalue weighted by atomic mass is 32.2. The summed E-state index contributed by atoms with van der Waals surface area (Å²) in [6.07, 6.45) is 0. The van der Waals surface area contributed by atoms with E-state index >= 15 is 0 Å². The summed E-state index contributed by atoms with van der Waals surface area (Å²) in [5, 5.41) is 1.28. The van der Waals surface area contributed by atoms with Gasteiger partial charge >= 0.3 is 0 Å². The van der Waals surface area contributed by atoms with Crippen LogP contribution in [-0.4, -0.2) is 15.0 Å². The lowest BCUT2D eigenvalue weighted by Gasteiger charge is -2.11. The Kier molecular flexibility index (Phi) is 3.76. The van der Waals surface area contributed by atoms with Gasteiger partial charge in [-0.05, 0) is 30.7 Å². The van der Waals surface area contributed by atoms with Crippen LogP contribution in [0.2, 0.25) is 0 Å². The third kappa shape index (κ3) is 2.65. The number of benzene rings is 2. The van der Waals surface area contributed by atoms with Crippen LogP contribution in [0.1, 0.15) is 16.7 Å². The highest BCUT2D eigenvalue weighted by molar-refractivity contribution is 7.95. The number of aryl methyl sites for hydroxylation is 1. The van der Waals surface area contributed by atoms with Crippen molar-refractivity contribution >= 4 is 15.4 Å². The number of rotatable bonds is 4. The summed E-state index contributed by atoms with van der Waals surface area (Å²) >= 11 is 0. The lowest BCUT2D eigenvalue weighted by molar-refractivity contribution is 0.369. The van der Waals surface area contributed by atoms with Gasteiger partial charge in [-0.25, -0.2) is 8.42 Å². The molecule has 114 valence electrons. The Morgan fingerprint density at radius 3 is 2.50 bits per heavy atom. The van der Waals surface area contributed by atoms with E-state index in [0.717, 1.165) is 11.1 Å². The molecule has 0 unspecified atom stereocenters. The smallest absolute Gasteiger partial charge is 0.200 e. The molecule has 0 fully saturated rings. The van der Waals surface area contributed by atoms with Crippen molar-refractivity contribution in [3.05, 3.63) is 64.6 Å². The van der Waals surface area contributed by atoms with Crippen LogP contribution < -0.4 is 10.5 Å². The van der Waals surface area contributed by atoms with Crippen LogP contribution in [-0.2, 0) is 16.4 Å². The number of fused-ring (bicyclic) bond motifs is 1. The van der Waals surface area contributed by atoms with Gasteiger partial charge in [0.25, 0.3) is 0 Å². The number of sulfone groups is 1. The lowest BCUT2D eigenvalue weighted by atomic mass is 10.0. The van der Waals surface area contributed by atoms with E-state index in [0.29, 0.717) is 28.3 Å². The molecule has 1 heterocycles. The van der Waals surface area contributed by atoms with E-state index in [1.807, 2.05) is 37.3 Å². The molecule has 0 saturated carbocycles. The van der Waals surface area contributed by atoms with Gasteiger partial charge in [0.2, 0.25) is 9.84 Å². The van der Waals surface area contributed by atoms with E-state index in [9.17, 15) is 8.42 Å². The molecule has 0 aliphatic carbocycles. The Bertz CT molecular complexity index is 837. The van der Waals surface area contributed by atoms with E-state index in [1.54, 1.807) is 12.1 Å². The Hall–Kier alpha value is -2.11. The maximum absolute atomic E-state index is 12.2. The van der Waals surface area contributed by atoms with E-state index < -0.39 is 9.84 Å². The second kappa shape index (κ2) is 5.59. The minimum Gasteiger partial charge on any atom is -0.489 e. The minimum atomic E-state index is -3.40. The largest absolute Gasteiger partial charge is 0.489 e. The Morgan fingerprint density at radius 2 is 1.82 bits per heavy atom. The summed E-state index contributed by atoms with van der Waals surface area (Å²) < 4.78 is 30.2. The maximum Gasteiger partial charge on any atom is 0.200 e. The van der Waals surface area contributed by atoms with Gasteiger partial charge in [0.1, 0.15) is 12.4 Å². The lowest BCUT2D eigenvalue weighted by Crippen LogP contribution is -2.06. The predicted molar refractivity (Wildman–Crippen MR) is 86.2 cm³/mol. The van der Waals surface area contributed by atoms with Gasteiger partial charge in [-0.15, -0.1) is 0 Å². The number of nitrogens with two attached hydrogens (primary N) is 1. The van der Waals surface area contributed by atoms with Gasteiger partial charge in [0, 0.05) is 23.1 Å². The molecule has 0 radical (unpaired) electrons. The molecule has 0 bridgehead atoms. The molecule has 4 nitrogen and oxygen atoms in total. The first-order valence-corrected chi connectivity index (χ1v) is 8.53. The van der Waals surface area contributed by atoms with Crippen molar-refractivity contribution in [2.75, 3.05) is 6.61 Å². The SMILES string of the molecule is Cc1ccc(OCC2=CS(=O)(=O)c3cccc(CN)c32)cc1. The van der Waals surface area contributed by atoms with E-state index in [1.165, 1.54) is 5.41 Å². The number of hydrogen-bond donors (Lipinski definition) is 1. The molecule has 2 aromatic rings. The molecule has 1 aliphatic heterocycles. The predicted octanol–water partition coefficient (Wildman–Crippen LogP) is 2.66. The van der Waals surface area contributed by atoms with Crippen molar-refractivity contribution < 1.29 is 13.2 Å². The molecule has 22 heavy (non-hydrogen) atoms. The molecule has 0 aromatic heterocycles. The monoisotopic (exact) mass is 315 g/mol. The normalized spacial score (nSPS) is 15.3. The van der Waals surface area contributed by atoms with Gasteiger partial charge in [-0.3, -0.25) is 0 Å². The Balaban J connectivity index is 1.91. The molecule has 0 spiro atoms. The van der Waals surface area contributed by atoms with E-state index in [4.69, 9.17) is 10.5 Å². The van der Waals surface area contributed by atoms with Crippen molar-refractivity contribution in [3.8, 4) is 5.75 Å². The van der Waals surface area contributed by atoms with Gasteiger partial charge in [-0.1, -0.05) is 29.8 Å². The third-order valence-corrected chi connectivity index (χ3v) is 5.22. The molecule has 1 aliphatic rings. The second-order valence-electron chi connectivity index (χ2n) is 5.28. The van der Waals surface area contributed by atoms with Gasteiger partial charge < -0.3 is 10.5 Å². The number of ether oxygens (including phenoxy) is 1. The van der Waals surface area contributed by atoms with Crippen LogP contribution >= 0.6 is 0 Å². The zero-order chi connectivity index (χ0) is 15.7. The third-order valence-electron chi connectivity index (χ3n) is 3.67. The van der Waals surface area contributed by atoms with Gasteiger partial charge in [0.05, 0.1) is 4.90 Å². The van der Waals surface area contributed by atoms with E-state index in [-0.39, 0.29) is 6.61 Å². The molecule has 0 amide bonds. The molecule has 3 rings (SSSR count).